The van der Waals surface area contributed by atoms with Crippen LogP contribution in [-0.4, -0.2) is 10.9 Å². The number of fused-ring (bicyclic) bond motifs is 5. The van der Waals surface area contributed by atoms with Crippen LogP contribution in [0.15, 0.2) is 18.2 Å². The van der Waals surface area contributed by atoms with Crippen molar-refractivity contribution in [1.29, 1.82) is 0 Å². The number of hydrogen-bond donors (Lipinski definition) is 1. The van der Waals surface area contributed by atoms with Gasteiger partial charge in [0.1, 0.15) is 11.5 Å². The van der Waals surface area contributed by atoms with Crippen molar-refractivity contribution >= 4 is 5.78 Å². The summed E-state index contributed by atoms with van der Waals surface area (Å²) in [4.78, 5) is 12.5. The number of phenolic OH excluding ortho intramolecular Hbond substituents is 1. The van der Waals surface area contributed by atoms with E-state index in [0.717, 1.165) is 32.1 Å². The average molecular weight is 294 g/mol. The highest BCUT2D eigenvalue weighted by atomic mass is 16.3. The van der Waals surface area contributed by atoms with Crippen molar-refractivity contribution in [3.63, 3.8) is 0 Å². The maximum atomic E-state index is 12.5. The van der Waals surface area contributed by atoms with Crippen LogP contribution in [0.4, 0.5) is 0 Å². The fraction of sp³-hybridized carbons (Fsp3) is 0.550. The Kier molecular flexibility index (Phi) is 2.92. The molecule has 3 aliphatic rings. The molecule has 1 aromatic carbocycles. The van der Waals surface area contributed by atoms with Gasteiger partial charge in [0.25, 0.3) is 0 Å². The van der Waals surface area contributed by atoms with E-state index in [9.17, 15) is 9.90 Å². The second-order valence-electron chi connectivity index (χ2n) is 7.57. The smallest absolute Gasteiger partial charge is 0.139 e. The molecule has 0 aromatic heterocycles. The largest absolute Gasteiger partial charge is 0.508 e. The number of phenols is 1. The van der Waals surface area contributed by atoms with Gasteiger partial charge in [0.05, 0.1) is 0 Å². The Morgan fingerprint density at radius 1 is 1.32 bits per heavy atom. The first-order valence-electron chi connectivity index (χ1n) is 8.36. The van der Waals surface area contributed by atoms with E-state index in [-0.39, 0.29) is 11.3 Å². The molecule has 1 aromatic rings. The highest BCUT2D eigenvalue weighted by Gasteiger charge is 2.57. The SMILES string of the molecule is C#C[C@H]1C[C@]2(C)C(=O)CCC2C2CCc3cc(O)ccc3C21. The molecule has 5 atom stereocenters. The average Bonchev–Trinajstić information content (AvgIpc) is 2.81. The summed E-state index contributed by atoms with van der Waals surface area (Å²) in [6, 6.07) is 5.74. The van der Waals surface area contributed by atoms with Gasteiger partial charge in [0.2, 0.25) is 0 Å². The van der Waals surface area contributed by atoms with Gasteiger partial charge in [0.15, 0.2) is 0 Å². The van der Waals surface area contributed by atoms with Crippen molar-refractivity contribution < 1.29 is 9.90 Å². The van der Waals surface area contributed by atoms with E-state index in [1.165, 1.54) is 11.1 Å². The molecule has 114 valence electrons. The third-order valence-corrected chi connectivity index (χ3v) is 6.64. The Morgan fingerprint density at radius 2 is 2.14 bits per heavy atom. The Bertz CT molecular complexity index is 683. The second-order valence-corrected chi connectivity index (χ2v) is 7.57. The number of carbonyl (C=O) groups excluding carboxylic acids is 1. The molecule has 2 fully saturated rings. The van der Waals surface area contributed by atoms with Crippen LogP contribution in [0.2, 0.25) is 0 Å². The summed E-state index contributed by atoms with van der Waals surface area (Å²) in [6.07, 6.45) is 10.5. The Hall–Kier alpha value is -1.75. The van der Waals surface area contributed by atoms with Crippen molar-refractivity contribution in [2.45, 2.75) is 44.9 Å². The highest BCUT2D eigenvalue weighted by Crippen LogP contribution is 2.61. The van der Waals surface area contributed by atoms with E-state index in [2.05, 4.69) is 18.9 Å². The third-order valence-electron chi connectivity index (χ3n) is 6.64. The van der Waals surface area contributed by atoms with E-state index in [1.54, 1.807) is 6.07 Å². The number of carbonyl (C=O) groups is 1. The summed E-state index contributed by atoms with van der Waals surface area (Å²) in [5.74, 6) is 5.26. The lowest BCUT2D eigenvalue weighted by Gasteiger charge is -2.50. The summed E-state index contributed by atoms with van der Waals surface area (Å²) in [5, 5.41) is 9.75. The number of Topliss-reactive ketones (excluding diaryl/α,β-unsaturated/α-hetero) is 1. The Morgan fingerprint density at radius 3 is 2.91 bits per heavy atom. The summed E-state index contributed by atoms with van der Waals surface area (Å²) in [6.45, 7) is 2.15. The molecule has 0 radical (unpaired) electrons. The fourth-order valence-electron chi connectivity index (χ4n) is 5.63. The van der Waals surface area contributed by atoms with Crippen LogP contribution < -0.4 is 0 Å². The van der Waals surface area contributed by atoms with Gasteiger partial charge in [0, 0.05) is 23.7 Å². The molecule has 0 amide bonds. The first kappa shape index (κ1) is 13.9. The normalized spacial score (nSPS) is 39.5. The third kappa shape index (κ3) is 1.72. The lowest BCUT2D eigenvalue weighted by Crippen LogP contribution is -2.46. The zero-order valence-electron chi connectivity index (χ0n) is 13.0. The minimum absolute atomic E-state index is 0.136. The number of benzene rings is 1. The molecule has 0 heterocycles. The van der Waals surface area contributed by atoms with E-state index < -0.39 is 0 Å². The molecule has 2 nitrogen and oxygen atoms in total. The van der Waals surface area contributed by atoms with E-state index in [1.807, 2.05) is 6.07 Å². The molecule has 3 aliphatic carbocycles. The zero-order valence-corrected chi connectivity index (χ0v) is 13.0. The quantitative estimate of drug-likeness (QED) is 0.741. The Labute approximate surface area is 131 Å². The van der Waals surface area contributed by atoms with Crippen molar-refractivity contribution in [3.05, 3.63) is 29.3 Å². The maximum Gasteiger partial charge on any atom is 0.139 e. The molecule has 1 N–H and O–H groups in total. The van der Waals surface area contributed by atoms with E-state index in [4.69, 9.17) is 6.42 Å². The number of rotatable bonds is 0. The maximum absolute atomic E-state index is 12.5. The number of terminal acetylenes is 1. The van der Waals surface area contributed by atoms with Crippen LogP contribution in [0.25, 0.3) is 0 Å². The fourth-order valence-corrected chi connectivity index (χ4v) is 5.63. The minimum Gasteiger partial charge on any atom is -0.508 e. The van der Waals surface area contributed by atoms with Crippen molar-refractivity contribution in [2.24, 2.45) is 23.2 Å². The molecule has 0 saturated heterocycles. The molecule has 2 saturated carbocycles. The first-order chi connectivity index (χ1) is 10.5. The zero-order chi connectivity index (χ0) is 15.5. The summed E-state index contributed by atoms with van der Waals surface area (Å²) < 4.78 is 0. The van der Waals surface area contributed by atoms with Crippen molar-refractivity contribution in [2.75, 3.05) is 0 Å². The minimum atomic E-state index is -0.202. The molecule has 0 spiro atoms. The van der Waals surface area contributed by atoms with Crippen LogP contribution in [0.1, 0.15) is 49.7 Å². The summed E-state index contributed by atoms with van der Waals surface area (Å²) in [7, 11) is 0. The van der Waals surface area contributed by atoms with Gasteiger partial charge >= 0.3 is 0 Å². The van der Waals surface area contributed by atoms with Gasteiger partial charge in [-0.3, -0.25) is 4.79 Å². The van der Waals surface area contributed by atoms with Gasteiger partial charge in [-0.15, -0.1) is 12.3 Å². The van der Waals surface area contributed by atoms with Gasteiger partial charge < -0.3 is 5.11 Å². The molecule has 0 aliphatic heterocycles. The van der Waals surface area contributed by atoms with Gasteiger partial charge in [-0.25, -0.2) is 0 Å². The Balaban J connectivity index is 1.81. The molecular weight excluding hydrogens is 272 g/mol. The van der Waals surface area contributed by atoms with Crippen LogP contribution >= 0.6 is 0 Å². The van der Waals surface area contributed by atoms with Crippen molar-refractivity contribution in [3.8, 4) is 18.1 Å². The topological polar surface area (TPSA) is 37.3 Å². The van der Waals surface area contributed by atoms with Crippen LogP contribution in [0.5, 0.6) is 5.75 Å². The number of ketones is 1. The van der Waals surface area contributed by atoms with Crippen LogP contribution in [0.3, 0.4) is 0 Å². The lowest BCUT2D eigenvalue weighted by atomic mass is 9.52. The lowest BCUT2D eigenvalue weighted by molar-refractivity contribution is -0.130. The molecule has 2 heteroatoms. The summed E-state index contributed by atoms with van der Waals surface area (Å²) in [5.41, 5.74) is 2.36. The first-order valence-corrected chi connectivity index (χ1v) is 8.36. The number of aryl methyl sites for hydroxylation is 1. The predicted molar refractivity (Wildman–Crippen MR) is 85.4 cm³/mol. The monoisotopic (exact) mass is 294 g/mol. The molecule has 22 heavy (non-hydrogen) atoms. The summed E-state index contributed by atoms with van der Waals surface area (Å²) >= 11 is 0. The standard InChI is InChI=1S/C20H22O2/c1-3-12-11-20(2)17(8-9-18(20)22)16-6-4-13-10-14(21)5-7-15(13)19(12)16/h1,5,7,10,12,16-17,19,21H,4,6,8-9,11H2,2H3/t12-,16?,17?,19?,20-/m0/s1. The van der Waals surface area contributed by atoms with Gasteiger partial charge in [-0.1, -0.05) is 13.0 Å². The van der Waals surface area contributed by atoms with Crippen LogP contribution in [0, 0.1) is 35.5 Å². The molecular formula is C20H22O2. The van der Waals surface area contributed by atoms with E-state index in [0.29, 0.717) is 29.3 Å². The highest BCUT2D eigenvalue weighted by molar-refractivity contribution is 5.87. The van der Waals surface area contributed by atoms with Gasteiger partial charge in [-0.05, 0) is 60.8 Å². The number of hydrogen-bond acceptors (Lipinski definition) is 2. The predicted octanol–water partition coefficient (Wildman–Crippen LogP) is 3.68. The molecule has 4 rings (SSSR count). The van der Waals surface area contributed by atoms with Crippen LogP contribution in [-0.2, 0) is 11.2 Å². The second kappa shape index (κ2) is 4.62. The molecule has 0 bridgehead atoms. The number of aromatic hydroxyl groups is 1. The van der Waals surface area contributed by atoms with E-state index >= 15 is 0 Å². The molecule has 3 unspecified atom stereocenters. The van der Waals surface area contributed by atoms with Gasteiger partial charge in [-0.2, -0.15) is 0 Å². The van der Waals surface area contributed by atoms with Crippen molar-refractivity contribution in [1.82, 2.24) is 0 Å².